The molecule has 4 rings (SSSR count). The largest absolute Gasteiger partial charge is 0.261 e. The van der Waals surface area contributed by atoms with Crippen molar-refractivity contribution in [2.45, 2.75) is 42.7 Å². The van der Waals surface area contributed by atoms with Gasteiger partial charge in [-0.15, -0.1) is 5.10 Å². The van der Waals surface area contributed by atoms with Gasteiger partial charge in [0.15, 0.2) is 0 Å². The van der Waals surface area contributed by atoms with E-state index in [1.165, 1.54) is 0 Å². The van der Waals surface area contributed by atoms with Gasteiger partial charge in [-0.1, -0.05) is 0 Å². The van der Waals surface area contributed by atoms with E-state index in [1.54, 1.807) is 0 Å². The van der Waals surface area contributed by atoms with Crippen molar-refractivity contribution in [3.05, 3.63) is 6.20 Å². The number of aromatic amines is 1. The monoisotopic (exact) mass is 290 g/mol. The minimum Gasteiger partial charge on any atom is -0.207 e. The van der Waals surface area contributed by atoms with E-state index in [-0.39, 0.29) is 17.9 Å². The molecule has 1 aromatic heterocycles. The first-order valence-corrected chi connectivity index (χ1v) is 7.59. The molecular weight excluding hydrogens is 278 g/mol. The molecule has 19 heavy (non-hydrogen) atoms. The number of halogens is 2. The lowest BCUT2D eigenvalue weighted by Crippen LogP contribution is -2.47. The third-order valence-corrected chi connectivity index (χ3v) is 6.38. The molecule has 0 atom stereocenters. The van der Waals surface area contributed by atoms with Gasteiger partial charge in [0.25, 0.3) is 15.9 Å². The zero-order chi connectivity index (χ0) is 13.5. The van der Waals surface area contributed by atoms with Gasteiger partial charge in [-0.25, -0.2) is 21.9 Å². The van der Waals surface area contributed by atoms with Gasteiger partial charge in [-0.05, 0) is 25.7 Å². The minimum atomic E-state index is -3.75. The second kappa shape index (κ2) is 2.98. The van der Waals surface area contributed by atoms with Crippen molar-refractivity contribution in [1.29, 1.82) is 0 Å². The van der Waals surface area contributed by atoms with Crippen LogP contribution in [0.4, 0.5) is 8.78 Å². The zero-order valence-electron chi connectivity index (χ0n) is 9.86. The van der Waals surface area contributed by atoms with Crippen LogP contribution in [0.5, 0.6) is 0 Å². The Kier molecular flexibility index (Phi) is 1.84. The van der Waals surface area contributed by atoms with E-state index >= 15 is 0 Å². The van der Waals surface area contributed by atoms with Gasteiger partial charge in [0.05, 0.1) is 6.20 Å². The summed E-state index contributed by atoms with van der Waals surface area (Å²) in [5, 5.41) is 8.91. The highest BCUT2D eigenvalue weighted by atomic mass is 32.2. The summed E-state index contributed by atoms with van der Waals surface area (Å²) in [6.45, 7) is 0. The predicted octanol–water partition coefficient (Wildman–Crippen LogP) is 0.661. The molecule has 3 fully saturated rings. The Morgan fingerprint density at radius 2 is 2.00 bits per heavy atom. The number of sulfonamides is 1. The highest BCUT2D eigenvalue weighted by Crippen LogP contribution is 2.92. The normalized spacial score (nSPS) is 37.3. The molecule has 3 aliphatic carbocycles. The molecule has 2 N–H and O–H groups in total. The highest BCUT2D eigenvalue weighted by Gasteiger charge is 2.97. The average molecular weight is 290 g/mol. The number of rotatable bonds is 3. The van der Waals surface area contributed by atoms with Crippen LogP contribution >= 0.6 is 0 Å². The van der Waals surface area contributed by atoms with Crippen molar-refractivity contribution in [2.75, 3.05) is 0 Å². The van der Waals surface area contributed by atoms with Gasteiger partial charge in [0.1, 0.15) is 0 Å². The first-order valence-electron chi connectivity index (χ1n) is 6.11. The van der Waals surface area contributed by atoms with Crippen LogP contribution in [0.1, 0.15) is 25.7 Å². The Morgan fingerprint density at radius 3 is 2.47 bits per heavy atom. The Labute approximate surface area is 108 Å². The van der Waals surface area contributed by atoms with Crippen molar-refractivity contribution in [3.8, 4) is 0 Å². The molecule has 0 unspecified atom stereocenters. The van der Waals surface area contributed by atoms with Crippen LogP contribution in [0.2, 0.25) is 0 Å². The van der Waals surface area contributed by atoms with E-state index in [0.29, 0.717) is 12.8 Å². The van der Waals surface area contributed by atoms with Crippen molar-refractivity contribution in [3.63, 3.8) is 0 Å². The summed E-state index contributed by atoms with van der Waals surface area (Å²) in [6.07, 6.45) is 2.67. The van der Waals surface area contributed by atoms with Gasteiger partial charge in [-0.2, -0.15) is 10.3 Å². The number of fused-ring (bicyclic) bond motifs is 1. The average Bonchev–Trinajstić information content (AvgIpc) is 3.00. The molecular formula is C10H12F2N4O2S. The lowest BCUT2D eigenvalue weighted by molar-refractivity contribution is 0.0166. The highest BCUT2D eigenvalue weighted by molar-refractivity contribution is 7.89. The molecule has 1 heterocycles. The second-order valence-electron chi connectivity index (χ2n) is 5.77. The molecule has 0 aromatic carbocycles. The third kappa shape index (κ3) is 1.16. The van der Waals surface area contributed by atoms with E-state index < -0.39 is 32.8 Å². The van der Waals surface area contributed by atoms with E-state index in [2.05, 4.69) is 20.1 Å². The van der Waals surface area contributed by atoms with Gasteiger partial charge in [0.2, 0.25) is 5.03 Å². The fourth-order valence-electron chi connectivity index (χ4n) is 3.77. The van der Waals surface area contributed by atoms with Crippen LogP contribution in [0.3, 0.4) is 0 Å². The smallest absolute Gasteiger partial charge is 0.207 e. The molecule has 6 nitrogen and oxygen atoms in total. The SMILES string of the molecule is O=S(=O)(NC1CC2(C1)C(F)(F)C21CC1)c1cn[nH]n1. The molecule has 3 saturated carbocycles. The van der Waals surface area contributed by atoms with E-state index in [4.69, 9.17) is 0 Å². The number of hydrogen-bond donors (Lipinski definition) is 2. The fraction of sp³-hybridized carbons (Fsp3) is 0.800. The Hall–Kier alpha value is -1.09. The standard InChI is InChI=1S/C10H12F2N4O2S/c11-10(12)8(1-2-8)9(10)3-6(4-9)15-19(17,18)7-5-13-16-14-7/h5-6,15H,1-4H2,(H,13,14,16). The molecule has 2 spiro atoms. The maximum Gasteiger partial charge on any atom is 0.261 e. The zero-order valence-corrected chi connectivity index (χ0v) is 10.7. The maximum absolute atomic E-state index is 13.7. The lowest BCUT2D eigenvalue weighted by atomic mass is 9.74. The Bertz CT molecular complexity index is 626. The number of alkyl halides is 2. The van der Waals surface area contributed by atoms with Gasteiger partial charge in [-0.3, -0.25) is 0 Å². The van der Waals surface area contributed by atoms with Crippen LogP contribution in [0, 0.1) is 10.8 Å². The fourth-order valence-corrected chi connectivity index (χ4v) is 4.85. The van der Waals surface area contributed by atoms with Crippen LogP contribution in [0.25, 0.3) is 0 Å². The van der Waals surface area contributed by atoms with Gasteiger partial charge in [0, 0.05) is 16.9 Å². The third-order valence-electron chi connectivity index (χ3n) is 4.99. The van der Waals surface area contributed by atoms with Crippen LogP contribution in [-0.4, -0.2) is 35.8 Å². The predicted molar refractivity (Wildman–Crippen MR) is 58.8 cm³/mol. The molecule has 0 bridgehead atoms. The summed E-state index contributed by atoms with van der Waals surface area (Å²) < 4.78 is 53.6. The second-order valence-corrected chi connectivity index (χ2v) is 7.43. The maximum atomic E-state index is 13.7. The van der Waals surface area contributed by atoms with Crippen molar-refractivity contribution in [1.82, 2.24) is 20.1 Å². The number of nitrogens with one attached hydrogen (secondary N) is 2. The molecule has 0 radical (unpaired) electrons. The molecule has 0 aliphatic heterocycles. The first kappa shape index (κ1) is 11.7. The van der Waals surface area contributed by atoms with Crippen molar-refractivity contribution < 1.29 is 17.2 Å². The Morgan fingerprint density at radius 1 is 1.32 bits per heavy atom. The van der Waals surface area contributed by atoms with E-state index in [1.807, 2.05) is 0 Å². The topological polar surface area (TPSA) is 87.7 Å². The number of hydrogen-bond acceptors (Lipinski definition) is 4. The number of nitrogens with zero attached hydrogens (tertiary/aromatic N) is 2. The summed E-state index contributed by atoms with van der Waals surface area (Å²) in [5.74, 6) is -2.60. The molecule has 0 saturated heterocycles. The van der Waals surface area contributed by atoms with Crippen LogP contribution < -0.4 is 4.72 Å². The lowest BCUT2D eigenvalue weighted by Gasteiger charge is -2.36. The molecule has 1 aromatic rings. The molecule has 104 valence electrons. The van der Waals surface area contributed by atoms with Crippen molar-refractivity contribution in [2.24, 2.45) is 10.8 Å². The summed E-state index contributed by atoms with van der Waals surface area (Å²) >= 11 is 0. The summed E-state index contributed by atoms with van der Waals surface area (Å²) in [4.78, 5) is 0. The van der Waals surface area contributed by atoms with E-state index in [9.17, 15) is 17.2 Å². The van der Waals surface area contributed by atoms with E-state index in [0.717, 1.165) is 6.20 Å². The number of H-pyrrole nitrogens is 1. The minimum absolute atomic E-state index is 0.211. The Balaban J connectivity index is 1.46. The molecule has 3 aliphatic rings. The quantitative estimate of drug-likeness (QED) is 0.856. The number of aromatic nitrogens is 3. The molecule has 0 amide bonds. The van der Waals surface area contributed by atoms with Crippen LogP contribution in [0.15, 0.2) is 11.2 Å². The molecule has 9 heteroatoms. The summed E-state index contributed by atoms with van der Waals surface area (Å²) in [5.41, 5.74) is -1.73. The van der Waals surface area contributed by atoms with Crippen LogP contribution in [-0.2, 0) is 10.0 Å². The summed E-state index contributed by atoms with van der Waals surface area (Å²) in [7, 11) is -3.75. The van der Waals surface area contributed by atoms with Gasteiger partial charge < -0.3 is 0 Å². The van der Waals surface area contributed by atoms with Crippen molar-refractivity contribution >= 4 is 10.0 Å². The summed E-state index contributed by atoms with van der Waals surface area (Å²) in [6, 6.07) is -0.424. The van der Waals surface area contributed by atoms with Gasteiger partial charge >= 0.3 is 0 Å². The first-order chi connectivity index (χ1) is 8.85.